The zero-order valence-corrected chi connectivity index (χ0v) is 12.2. The van der Waals surface area contributed by atoms with Gasteiger partial charge in [0.1, 0.15) is 0 Å². The molecule has 0 saturated carbocycles. The van der Waals surface area contributed by atoms with Gasteiger partial charge in [0, 0.05) is 19.0 Å². The Labute approximate surface area is 121 Å². The highest BCUT2D eigenvalue weighted by atomic mass is 16.3. The van der Waals surface area contributed by atoms with E-state index in [1.165, 1.54) is 0 Å². The topological polar surface area (TPSA) is 63.9 Å². The van der Waals surface area contributed by atoms with Gasteiger partial charge in [0.25, 0.3) is 0 Å². The fraction of sp³-hybridized carbons (Fsp3) is 0.500. The maximum Gasteiger partial charge on any atom is 0.0840 e. The van der Waals surface area contributed by atoms with Gasteiger partial charge in [0.2, 0.25) is 0 Å². The molecule has 0 amide bonds. The summed E-state index contributed by atoms with van der Waals surface area (Å²) < 4.78 is 0. The second kappa shape index (κ2) is 8.17. The van der Waals surface area contributed by atoms with Crippen LogP contribution < -0.4 is 0 Å². The van der Waals surface area contributed by atoms with Crippen molar-refractivity contribution in [2.24, 2.45) is 5.92 Å². The summed E-state index contributed by atoms with van der Waals surface area (Å²) in [5.74, 6) is -0.276. The van der Waals surface area contributed by atoms with Crippen LogP contribution in [0.15, 0.2) is 36.9 Å². The Hall–Kier alpha value is -1.20. The van der Waals surface area contributed by atoms with Crippen LogP contribution >= 0.6 is 0 Å². The molecule has 0 fully saturated rings. The second-order valence-corrected chi connectivity index (χ2v) is 5.28. The van der Waals surface area contributed by atoms with Gasteiger partial charge >= 0.3 is 0 Å². The molecule has 0 heterocycles. The number of aliphatic hydroxyl groups is 3. The van der Waals surface area contributed by atoms with E-state index < -0.39 is 12.2 Å². The number of likely N-dealkylation sites (N-methyl/N-ethyl adjacent to an activating group) is 1. The third-order valence-corrected chi connectivity index (χ3v) is 3.55. The molecule has 0 aliphatic carbocycles. The lowest BCUT2D eigenvalue weighted by Gasteiger charge is -2.27. The summed E-state index contributed by atoms with van der Waals surface area (Å²) in [5.41, 5.74) is 1.56. The zero-order valence-electron chi connectivity index (χ0n) is 12.2. The normalized spacial score (nSPS) is 15.9. The highest BCUT2D eigenvalue weighted by molar-refractivity contribution is 5.24. The number of nitrogens with zero attached hydrogens (tertiary/aromatic N) is 1. The van der Waals surface area contributed by atoms with Crippen molar-refractivity contribution in [3.05, 3.63) is 48.0 Å². The van der Waals surface area contributed by atoms with Gasteiger partial charge in [-0.1, -0.05) is 37.3 Å². The number of benzene rings is 1. The van der Waals surface area contributed by atoms with Gasteiger partial charge in [0.15, 0.2) is 0 Å². The highest BCUT2D eigenvalue weighted by Gasteiger charge is 2.24. The molecule has 4 nitrogen and oxygen atoms in total. The molecular weight excluding hydrogens is 254 g/mol. The molecule has 1 aromatic rings. The molecule has 3 N–H and O–H groups in total. The third kappa shape index (κ3) is 4.72. The standard InChI is InChI=1S/C16H25NO3/c1-4-9-17(3)10-15(19)12(2)16(20)14-7-5-13(11-18)6-8-14/h4-8,12,15-16,18-20H,1,9-11H2,2-3H3. The Morgan fingerprint density at radius 2 is 1.85 bits per heavy atom. The monoisotopic (exact) mass is 279 g/mol. The second-order valence-electron chi connectivity index (χ2n) is 5.28. The lowest BCUT2D eigenvalue weighted by atomic mass is 9.92. The van der Waals surface area contributed by atoms with Crippen molar-refractivity contribution in [3.8, 4) is 0 Å². The van der Waals surface area contributed by atoms with Gasteiger partial charge in [-0.2, -0.15) is 0 Å². The van der Waals surface area contributed by atoms with Gasteiger partial charge < -0.3 is 20.2 Å². The summed E-state index contributed by atoms with van der Waals surface area (Å²) in [4.78, 5) is 1.95. The molecule has 0 saturated heterocycles. The molecule has 1 rings (SSSR count). The van der Waals surface area contributed by atoms with Crippen LogP contribution in [0.3, 0.4) is 0 Å². The summed E-state index contributed by atoms with van der Waals surface area (Å²) in [6.07, 6.45) is 0.434. The molecular formula is C16H25NO3. The lowest BCUT2D eigenvalue weighted by Crippen LogP contribution is -2.35. The van der Waals surface area contributed by atoms with Crippen LogP contribution in [0.25, 0.3) is 0 Å². The number of rotatable bonds is 8. The summed E-state index contributed by atoms with van der Waals surface area (Å²) in [7, 11) is 1.90. The van der Waals surface area contributed by atoms with E-state index in [0.717, 1.165) is 11.1 Å². The molecule has 0 aliphatic heterocycles. The minimum Gasteiger partial charge on any atom is -0.392 e. The van der Waals surface area contributed by atoms with Gasteiger partial charge in [0.05, 0.1) is 18.8 Å². The van der Waals surface area contributed by atoms with Gasteiger partial charge in [-0.25, -0.2) is 0 Å². The smallest absolute Gasteiger partial charge is 0.0840 e. The van der Waals surface area contributed by atoms with Crippen LogP contribution in [0, 0.1) is 5.92 Å². The summed E-state index contributed by atoms with van der Waals surface area (Å²) >= 11 is 0. The first-order chi connectivity index (χ1) is 9.49. The summed E-state index contributed by atoms with van der Waals surface area (Å²) in [6, 6.07) is 7.13. The van der Waals surface area contributed by atoms with E-state index in [1.807, 2.05) is 18.9 Å². The predicted octanol–water partition coefficient (Wildman–Crippen LogP) is 1.33. The largest absolute Gasteiger partial charge is 0.392 e. The number of aliphatic hydroxyl groups excluding tert-OH is 3. The maximum absolute atomic E-state index is 10.3. The van der Waals surface area contributed by atoms with Crippen molar-refractivity contribution in [1.82, 2.24) is 4.90 Å². The Morgan fingerprint density at radius 1 is 1.25 bits per heavy atom. The van der Waals surface area contributed by atoms with E-state index in [2.05, 4.69) is 6.58 Å². The fourth-order valence-electron chi connectivity index (χ4n) is 2.11. The molecule has 4 heteroatoms. The van der Waals surface area contributed by atoms with Crippen LogP contribution in [0.1, 0.15) is 24.2 Å². The van der Waals surface area contributed by atoms with Crippen LogP contribution in [-0.2, 0) is 6.61 Å². The predicted molar refractivity (Wildman–Crippen MR) is 80.2 cm³/mol. The molecule has 3 atom stereocenters. The minimum absolute atomic E-state index is 0.0130. The van der Waals surface area contributed by atoms with Crippen LogP contribution in [0.4, 0.5) is 0 Å². The van der Waals surface area contributed by atoms with Crippen molar-refractivity contribution < 1.29 is 15.3 Å². The first-order valence-electron chi connectivity index (χ1n) is 6.84. The van der Waals surface area contributed by atoms with E-state index in [-0.39, 0.29) is 12.5 Å². The van der Waals surface area contributed by atoms with E-state index in [0.29, 0.717) is 13.1 Å². The molecule has 3 unspecified atom stereocenters. The van der Waals surface area contributed by atoms with Gasteiger partial charge in [-0.05, 0) is 18.2 Å². The highest BCUT2D eigenvalue weighted by Crippen LogP contribution is 2.25. The minimum atomic E-state index is -0.727. The van der Waals surface area contributed by atoms with Gasteiger partial charge in [-0.3, -0.25) is 0 Å². The quantitative estimate of drug-likeness (QED) is 0.628. The summed E-state index contributed by atoms with van der Waals surface area (Å²) in [6.45, 7) is 6.66. The summed E-state index contributed by atoms with van der Waals surface area (Å²) in [5, 5.41) is 29.5. The van der Waals surface area contributed by atoms with Crippen molar-refractivity contribution in [3.63, 3.8) is 0 Å². The third-order valence-electron chi connectivity index (χ3n) is 3.55. The van der Waals surface area contributed by atoms with Crippen molar-refractivity contribution >= 4 is 0 Å². The molecule has 20 heavy (non-hydrogen) atoms. The molecule has 0 radical (unpaired) electrons. The first-order valence-corrected chi connectivity index (χ1v) is 6.84. The van der Waals surface area contributed by atoms with Gasteiger partial charge in [-0.15, -0.1) is 6.58 Å². The molecule has 112 valence electrons. The molecule has 0 spiro atoms. The molecule has 0 bridgehead atoms. The Morgan fingerprint density at radius 3 is 2.35 bits per heavy atom. The van der Waals surface area contributed by atoms with Crippen molar-refractivity contribution in [2.45, 2.75) is 25.7 Å². The van der Waals surface area contributed by atoms with Crippen molar-refractivity contribution in [2.75, 3.05) is 20.1 Å². The molecule has 1 aromatic carbocycles. The molecule has 0 aliphatic rings. The average molecular weight is 279 g/mol. The zero-order chi connectivity index (χ0) is 15.1. The van der Waals surface area contributed by atoms with E-state index >= 15 is 0 Å². The SMILES string of the molecule is C=CCN(C)CC(O)C(C)C(O)c1ccc(CO)cc1. The van der Waals surface area contributed by atoms with Crippen LogP contribution in [0.2, 0.25) is 0 Å². The maximum atomic E-state index is 10.3. The Kier molecular flexibility index (Phi) is 6.88. The van der Waals surface area contributed by atoms with E-state index in [4.69, 9.17) is 5.11 Å². The fourth-order valence-corrected chi connectivity index (χ4v) is 2.11. The first kappa shape index (κ1) is 16.9. The molecule has 0 aromatic heterocycles. The number of hydrogen-bond donors (Lipinski definition) is 3. The Balaban J connectivity index is 2.64. The Bertz CT molecular complexity index is 405. The van der Waals surface area contributed by atoms with E-state index in [1.54, 1.807) is 30.3 Å². The van der Waals surface area contributed by atoms with Crippen LogP contribution in [0.5, 0.6) is 0 Å². The van der Waals surface area contributed by atoms with E-state index in [9.17, 15) is 10.2 Å². The van der Waals surface area contributed by atoms with Crippen LogP contribution in [-0.4, -0.2) is 46.5 Å². The number of hydrogen-bond acceptors (Lipinski definition) is 4. The average Bonchev–Trinajstić information content (AvgIpc) is 2.46. The van der Waals surface area contributed by atoms with Crippen molar-refractivity contribution in [1.29, 1.82) is 0 Å². The lowest BCUT2D eigenvalue weighted by molar-refractivity contribution is 0.00702.